The first-order chi connectivity index (χ1) is 18.8. The van der Waals surface area contributed by atoms with Crippen LogP contribution in [-0.2, 0) is 32.3 Å². The first-order valence-electron chi connectivity index (χ1n) is 12.0. The zero-order valence-corrected chi connectivity index (χ0v) is 23.8. The van der Waals surface area contributed by atoms with Crippen LogP contribution < -0.4 is 9.62 Å². The fraction of sp³-hybridized carbons (Fsp3) is 0.259. The molecule has 0 spiro atoms. The second-order valence-electron chi connectivity index (χ2n) is 8.70. The zero-order valence-electron chi connectivity index (χ0n) is 21.5. The van der Waals surface area contributed by atoms with Crippen molar-refractivity contribution in [1.82, 2.24) is 10.2 Å². The van der Waals surface area contributed by atoms with Gasteiger partial charge in [-0.3, -0.25) is 13.9 Å². The molecule has 0 aliphatic heterocycles. The number of carbonyl (C=O) groups excluding carboxylic acids is 2. The van der Waals surface area contributed by atoms with Gasteiger partial charge in [-0.15, -0.1) is 0 Å². The molecule has 0 aliphatic carbocycles. The molecule has 0 saturated heterocycles. The van der Waals surface area contributed by atoms with E-state index < -0.39 is 46.2 Å². The van der Waals surface area contributed by atoms with Crippen molar-refractivity contribution in [1.29, 1.82) is 0 Å². The monoisotopic (exact) mass is 615 g/mol. The number of nitrogens with zero attached hydrogens (tertiary/aromatic N) is 2. The maximum Gasteiger partial charge on any atom is 0.416 e. The van der Waals surface area contributed by atoms with E-state index in [1.807, 2.05) is 0 Å². The molecule has 0 saturated carbocycles. The molecule has 0 bridgehead atoms. The highest BCUT2D eigenvalue weighted by Crippen LogP contribution is 2.33. The van der Waals surface area contributed by atoms with Crippen LogP contribution in [0.2, 0.25) is 10.0 Å². The molecular weight excluding hydrogens is 590 g/mol. The third kappa shape index (κ3) is 7.47. The normalized spacial score (nSPS) is 12.5. The minimum absolute atomic E-state index is 0.199. The molecule has 0 aliphatic rings. The molecular formula is C27H26Cl2F3N3O4S. The highest BCUT2D eigenvalue weighted by atomic mass is 35.5. The number of hydrogen-bond donors (Lipinski definition) is 1. The molecule has 0 unspecified atom stereocenters. The Morgan fingerprint density at radius 3 is 2.25 bits per heavy atom. The van der Waals surface area contributed by atoms with Crippen molar-refractivity contribution in [2.45, 2.75) is 37.5 Å². The number of sulfonamides is 1. The van der Waals surface area contributed by atoms with Gasteiger partial charge in [0.1, 0.15) is 12.6 Å². The SMILES string of the molecule is CCNC(=O)[C@H](C)N(Cc1ccc(Cl)cc1Cl)C(=O)CN(c1cccc(C(F)(F)F)c1)S(=O)(=O)c1ccccc1. The Kier molecular flexibility index (Phi) is 10.1. The second kappa shape index (κ2) is 12.9. The predicted molar refractivity (Wildman–Crippen MR) is 148 cm³/mol. The van der Waals surface area contributed by atoms with Gasteiger partial charge in [0.25, 0.3) is 10.0 Å². The lowest BCUT2D eigenvalue weighted by atomic mass is 10.1. The average Bonchev–Trinajstić information content (AvgIpc) is 2.91. The van der Waals surface area contributed by atoms with E-state index in [1.165, 1.54) is 43.3 Å². The van der Waals surface area contributed by atoms with Crippen molar-refractivity contribution >= 4 is 50.7 Å². The van der Waals surface area contributed by atoms with Crippen LogP contribution >= 0.6 is 23.2 Å². The number of alkyl halides is 3. The maximum absolute atomic E-state index is 13.8. The van der Waals surface area contributed by atoms with Crippen molar-refractivity contribution in [3.8, 4) is 0 Å². The number of anilines is 1. The molecule has 0 radical (unpaired) electrons. The van der Waals surface area contributed by atoms with E-state index >= 15 is 0 Å². The molecule has 0 fully saturated rings. The summed E-state index contributed by atoms with van der Waals surface area (Å²) < 4.78 is 68.5. The van der Waals surface area contributed by atoms with Crippen LogP contribution in [0.15, 0.2) is 77.7 Å². The minimum Gasteiger partial charge on any atom is -0.355 e. The van der Waals surface area contributed by atoms with Gasteiger partial charge in [0, 0.05) is 23.1 Å². The van der Waals surface area contributed by atoms with E-state index in [0.29, 0.717) is 21.0 Å². The van der Waals surface area contributed by atoms with Crippen LogP contribution in [0.5, 0.6) is 0 Å². The number of likely N-dealkylation sites (N-methyl/N-ethyl adjacent to an activating group) is 1. The van der Waals surface area contributed by atoms with Crippen molar-refractivity contribution in [3.63, 3.8) is 0 Å². The van der Waals surface area contributed by atoms with Gasteiger partial charge in [-0.1, -0.05) is 53.5 Å². The summed E-state index contributed by atoms with van der Waals surface area (Å²) in [6.07, 6.45) is -4.76. The largest absolute Gasteiger partial charge is 0.416 e. The van der Waals surface area contributed by atoms with Gasteiger partial charge in [-0.25, -0.2) is 8.42 Å². The highest BCUT2D eigenvalue weighted by Gasteiger charge is 2.35. The molecule has 40 heavy (non-hydrogen) atoms. The summed E-state index contributed by atoms with van der Waals surface area (Å²) in [6.45, 7) is 2.32. The van der Waals surface area contributed by atoms with Gasteiger partial charge in [0.05, 0.1) is 16.1 Å². The number of nitrogens with one attached hydrogen (secondary N) is 1. The quantitative estimate of drug-likeness (QED) is 0.314. The Bertz CT molecular complexity index is 1470. The Labute approximate surface area is 240 Å². The van der Waals surface area contributed by atoms with Crippen LogP contribution in [0.4, 0.5) is 18.9 Å². The number of carbonyl (C=O) groups is 2. The van der Waals surface area contributed by atoms with E-state index in [-0.39, 0.29) is 28.7 Å². The number of hydrogen-bond acceptors (Lipinski definition) is 4. The Balaban J connectivity index is 2.10. The Hall–Kier alpha value is -3.28. The summed E-state index contributed by atoms with van der Waals surface area (Å²) in [6, 6.07) is 14.1. The van der Waals surface area contributed by atoms with Crippen LogP contribution in [-0.4, -0.2) is 44.3 Å². The van der Waals surface area contributed by atoms with Crippen LogP contribution in [0.25, 0.3) is 0 Å². The third-order valence-electron chi connectivity index (χ3n) is 5.95. The average molecular weight is 616 g/mol. The lowest BCUT2D eigenvalue weighted by Crippen LogP contribution is -2.51. The second-order valence-corrected chi connectivity index (χ2v) is 11.4. The Morgan fingerprint density at radius 1 is 0.975 bits per heavy atom. The van der Waals surface area contributed by atoms with Gasteiger partial charge < -0.3 is 10.2 Å². The minimum atomic E-state index is -4.76. The van der Waals surface area contributed by atoms with E-state index in [0.717, 1.165) is 23.1 Å². The van der Waals surface area contributed by atoms with Crippen LogP contribution in [0.3, 0.4) is 0 Å². The molecule has 1 atom stereocenters. The lowest BCUT2D eigenvalue weighted by molar-refractivity contribution is -0.139. The van der Waals surface area contributed by atoms with Gasteiger partial charge in [0.15, 0.2) is 0 Å². The molecule has 214 valence electrons. The summed E-state index contributed by atoms with van der Waals surface area (Å²) in [5, 5.41) is 3.16. The number of benzene rings is 3. The zero-order chi connectivity index (χ0) is 29.7. The molecule has 3 aromatic carbocycles. The molecule has 13 heteroatoms. The maximum atomic E-state index is 13.8. The molecule has 2 amide bonds. The first-order valence-corrected chi connectivity index (χ1v) is 14.2. The van der Waals surface area contributed by atoms with Gasteiger partial charge >= 0.3 is 6.18 Å². The Morgan fingerprint density at radius 2 is 1.65 bits per heavy atom. The lowest BCUT2D eigenvalue weighted by Gasteiger charge is -2.32. The standard InChI is InChI=1S/C27H26Cl2F3N3O4S/c1-3-33-26(37)18(2)34(16-19-12-13-21(28)15-24(19)29)25(36)17-35(40(38,39)23-10-5-4-6-11-23)22-9-7-8-20(14-22)27(30,31)32/h4-15,18H,3,16-17H2,1-2H3,(H,33,37)/t18-/m0/s1. The van der Waals surface area contributed by atoms with Crippen molar-refractivity contribution in [3.05, 3.63) is 94.0 Å². The molecule has 3 rings (SSSR count). The van der Waals surface area contributed by atoms with E-state index in [2.05, 4.69) is 5.32 Å². The van der Waals surface area contributed by atoms with Crippen LogP contribution in [0, 0.1) is 0 Å². The van der Waals surface area contributed by atoms with Crippen molar-refractivity contribution in [2.75, 3.05) is 17.4 Å². The van der Waals surface area contributed by atoms with Gasteiger partial charge in [-0.05, 0) is 61.9 Å². The third-order valence-corrected chi connectivity index (χ3v) is 8.32. The number of rotatable bonds is 10. The van der Waals surface area contributed by atoms with E-state index in [1.54, 1.807) is 19.1 Å². The highest BCUT2D eigenvalue weighted by molar-refractivity contribution is 7.92. The summed E-state index contributed by atoms with van der Waals surface area (Å²) in [5.74, 6) is -1.36. The molecule has 0 heterocycles. The van der Waals surface area contributed by atoms with E-state index in [9.17, 15) is 31.2 Å². The molecule has 7 nitrogen and oxygen atoms in total. The van der Waals surface area contributed by atoms with Crippen LogP contribution in [0.1, 0.15) is 25.0 Å². The summed E-state index contributed by atoms with van der Waals surface area (Å²) in [5.41, 5.74) is -1.04. The summed E-state index contributed by atoms with van der Waals surface area (Å²) in [4.78, 5) is 27.4. The number of halogens is 5. The molecule has 1 N–H and O–H groups in total. The van der Waals surface area contributed by atoms with Gasteiger partial charge in [-0.2, -0.15) is 13.2 Å². The summed E-state index contributed by atoms with van der Waals surface area (Å²) in [7, 11) is -4.51. The van der Waals surface area contributed by atoms with E-state index in [4.69, 9.17) is 23.2 Å². The molecule has 3 aromatic rings. The predicted octanol–water partition coefficient (Wildman–Crippen LogP) is 5.76. The van der Waals surface area contributed by atoms with Gasteiger partial charge in [0.2, 0.25) is 11.8 Å². The molecule has 0 aromatic heterocycles. The van der Waals surface area contributed by atoms with Crippen molar-refractivity contribution < 1.29 is 31.2 Å². The first kappa shape index (κ1) is 31.3. The number of amides is 2. The fourth-order valence-electron chi connectivity index (χ4n) is 3.82. The smallest absolute Gasteiger partial charge is 0.355 e. The topological polar surface area (TPSA) is 86.8 Å². The van der Waals surface area contributed by atoms with Crippen molar-refractivity contribution in [2.24, 2.45) is 0 Å². The summed E-state index contributed by atoms with van der Waals surface area (Å²) >= 11 is 12.3. The fourth-order valence-corrected chi connectivity index (χ4v) is 5.72.